The van der Waals surface area contributed by atoms with Gasteiger partial charge in [0.1, 0.15) is 0 Å². The van der Waals surface area contributed by atoms with E-state index in [0.29, 0.717) is 5.56 Å². The number of carbonyl (C=O) groups excluding carboxylic acids is 1. The first-order valence-corrected chi connectivity index (χ1v) is 12.0. The average molecular weight is 481 g/mol. The lowest BCUT2D eigenvalue weighted by Crippen LogP contribution is -2.14. The summed E-state index contributed by atoms with van der Waals surface area (Å²) in [5.41, 5.74) is 5.43. The fraction of sp³-hybridized carbons (Fsp3) is 0.0312. The van der Waals surface area contributed by atoms with Crippen molar-refractivity contribution in [3.8, 4) is 0 Å². The summed E-state index contributed by atoms with van der Waals surface area (Å²) in [6, 6.07) is 43.8. The first-order valence-electron chi connectivity index (χ1n) is 12.0. The maximum absolute atomic E-state index is 13.7. The molecule has 0 N–H and O–H groups in total. The molecule has 37 heavy (non-hydrogen) atoms. The Balaban J connectivity index is 1.42. The summed E-state index contributed by atoms with van der Waals surface area (Å²) in [4.78, 5) is 13.7. The number of azo groups is 2. The summed E-state index contributed by atoms with van der Waals surface area (Å²) in [6.07, 6.45) is 0. The van der Waals surface area contributed by atoms with E-state index in [-0.39, 0.29) is 5.78 Å². The van der Waals surface area contributed by atoms with Crippen molar-refractivity contribution in [1.82, 2.24) is 0 Å². The molecule has 5 nitrogen and oxygen atoms in total. The monoisotopic (exact) mass is 480 g/mol. The van der Waals surface area contributed by atoms with Crippen molar-refractivity contribution >= 4 is 28.5 Å². The molecule has 5 rings (SSSR count). The molecular formula is C32H24N4O. The standard InChI is InChI=1S/C32H24N4O/c37-32(26-10-4-1-5-11-26)31(24-16-20-29(21-17-24)35-33-27-12-6-2-7-13-27)25-18-22-30(23-19-25)36-34-28-14-8-3-9-15-28/h1-23,31H. The summed E-state index contributed by atoms with van der Waals surface area (Å²) in [5, 5.41) is 17.2. The van der Waals surface area contributed by atoms with E-state index in [1.807, 2.05) is 140 Å². The van der Waals surface area contributed by atoms with Crippen LogP contribution in [0.3, 0.4) is 0 Å². The number of carbonyl (C=O) groups is 1. The van der Waals surface area contributed by atoms with Gasteiger partial charge in [0, 0.05) is 5.56 Å². The lowest BCUT2D eigenvalue weighted by Gasteiger charge is -2.17. The highest BCUT2D eigenvalue weighted by Crippen LogP contribution is 2.32. The Hall–Kier alpha value is -5.03. The predicted molar refractivity (Wildman–Crippen MR) is 147 cm³/mol. The Bertz CT molecular complexity index is 1400. The van der Waals surface area contributed by atoms with Gasteiger partial charge in [-0.25, -0.2) is 0 Å². The largest absolute Gasteiger partial charge is 0.293 e. The van der Waals surface area contributed by atoms with Crippen LogP contribution >= 0.6 is 0 Å². The van der Waals surface area contributed by atoms with Crippen LogP contribution in [0.4, 0.5) is 22.7 Å². The summed E-state index contributed by atoms with van der Waals surface area (Å²) in [5.74, 6) is -0.444. The van der Waals surface area contributed by atoms with E-state index in [9.17, 15) is 4.79 Å². The maximum Gasteiger partial charge on any atom is 0.174 e. The number of rotatable bonds is 8. The van der Waals surface area contributed by atoms with Crippen molar-refractivity contribution in [1.29, 1.82) is 0 Å². The van der Waals surface area contributed by atoms with Crippen molar-refractivity contribution in [2.45, 2.75) is 5.92 Å². The van der Waals surface area contributed by atoms with Crippen LogP contribution in [0.5, 0.6) is 0 Å². The third-order valence-electron chi connectivity index (χ3n) is 5.85. The van der Waals surface area contributed by atoms with Gasteiger partial charge in [0.05, 0.1) is 28.7 Å². The lowest BCUT2D eigenvalue weighted by molar-refractivity contribution is 0.0974. The van der Waals surface area contributed by atoms with Crippen molar-refractivity contribution < 1.29 is 4.79 Å². The van der Waals surface area contributed by atoms with Crippen LogP contribution in [0.25, 0.3) is 0 Å². The Morgan fingerprint density at radius 3 is 1.11 bits per heavy atom. The van der Waals surface area contributed by atoms with Crippen LogP contribution < -0.4 is 0 Å². The molecular weight excluding hydrogens is 456 g/mol. The molecule has 0 amide bonds. The molecule has 0 spiro atoms. The minimum Gasteiger partial charge on any atom is -0.293 e. The first kappa shape index (κ1) is 23.7. The van der Waals surface area contributed by atoms with Gasteiger partial charge in [0.2, 0.25) is 0 Å². The fourth-order valence-corrected chi connectivity index (χ4v) is 3.95. The molecule has 5 heteroatoms. The summed E-state index contributed by atoms with van der Waals surface area (Å²) < 4.78 is 0. The lowest BCUT2D eigenvalue weighted by atomic mass is 9.84. The quantitative estimate of drug-likeness (QED) is 0.161. The molecule has 0 unspecified atom stereocenters. The molecule has 0 aliphatic carbocycles. The molecule has 5 aromatic carbocycles. The number of Topliss-reactive ketones (excluding diaryl/α,β-unsaturated/α-hetero) is 1. The Kier molecular flexibility index (Phi) is 7.43. The smallest absolute Gasteiger partial charge is 0.174 e. The van der Waals surface area contributed by atoms with Gasteiger partial charge in [-0.05, 0) is 59.7 Å². The molecule has 5 aromatic rings. The maximum atomic E-state index is 13.7. The van der Waals surface area contributed by atoms with Gasteiger partial charge < -0.3 is 0 Å². The number of ketones is 1. The van der Waals surface area contributed by atoms with Crippen molar-refractivity contribution in [3.05, 3.63) is 156 Å². The molecule has 0 radical (unpaired) electrons. The van der Waals surface area contributed by atoms with E-state index in [2.05, 4.69) is 20.5 Å². The second-order valence-electron chi connectivity index (χ2n) is 8.42. The van der Waals surface area contributed by atoms with Gasteiger partial charge in [0.25, 0.3) is 0 Å². The Labute approximate surface area is 215 Å². The number of benzene rings is 5. The van der Waals surface area contributed by atoms with Gasteiger partial charge in [-0.3, -0.25) is 4.79 Å². The van der Waals surface area contributed by atoms with Crippen LogP contribution in [-0.4, -0.2) is 5.78 Å². The molecule has 0 aliphatic rings. The van der Waals surface area contributed by atoms with E-state index in [1.54, 1.807) is 0 Å². The van der Waals surface area contributed by atoms with Crippen LogP contribution in [0.15, 0.2) is 160 Å². The molecule has 0 bridgehead atoms. The molecule has 0 heterocycles. The second-order valence-corrected chi connectivity index (χ2v) is 8.42. The highest BCUT2D eigenvalue weighted by atomic mass is 16.1. The summed E-state index contributed by atoms with van der Waals surface area (Å²) >= 11 is 0. The molecule has 0 aromatic heterocycles. The first-order chi connectivity index (χ1) is 18.3. The van der Waals surface area contributed by atoms with E-state index < -0.39 is 5.92 Å². The minimum absolute atomic E-state index is 0.0259. The average Bonchev–Trinajstić information content (AvgIpc) is 2.98. The molecule has 0 atom stereocenters. The third-order valence-corrected chi connectivity index (χ3v) is 5.85. The zero-order valence-corrected chi connectivity index (χ0v) is 20.1. The van der Waals surface area contributed by atoms with Gasteiger partial charge in [-0.15, -0.1) is 0 Å². The zero-order valence-electron chi connectivity index (χ0n) is 20.1. The predicted octanol–water partition coefficient (Wildman–Crippen LogP) is 9.53. The molecule has 0 fully saturated rings. The normalized spacial score (nSPS) is 12.1. The third kappa shape index (κ3) is 6.16. The molecule has 0 saturated carbocycles. The van der Waals surface area contributed by atoms with Gasteiger partial charge >= 0.3 is 0 Å². The van der Waals surface area contributed by atoms with Crippen LogP contribution in [-0.2, 0) is 0 Å². The number of hydrogen-bond donors (Lipinski definition) is 0. The zero-order chi connectivity index (χ0) is 25.3. The Morgan fingerprint density at radius 1 is 0.405 bits per heavy atom. The number of nitrogens with zero attached hydrogens (tertiary/aromatic N) is 4. The Morgan fingerprint density at radius 2 is 0.730 bits per heavy atom. The van der Waals surface area contributed by atoms with E-state index in [1.165, 1.54) is 0 Å². The minimum atomic E-state index is -0.470. The molecule has 0 aliphatic heterocycles. The second kappa shape index (κ2) is 11.6. The van der Waals surface area contributed by atoms with E-state index >= 15 is 0 Å². The van der Waals surface area contributed by atoms with Crippen LogP contribution in [0.1, 0.15) is 27.4 Å². The highest BCUT2D eigenvalue weighted by molar-refractivity contribution is 6.03. The number of hydrogen-bond acceptors (Lipinski definition) is 5. The van der Waals surface area contributed by atoms with Crippen molar-refractivity contribution in [2.75, 3.05) is 0 Å². The van der Waals surface area contributed by atoms with Crippen molar-refractivity contribution in [3.63, 3.8) is 0 Å². The molecule has 178 valence electrons. The van der Waals surface area contributed by atoms with Crippen molar-refractivity contribution in [2.24, 2.45) is 20.5 Å². The van der Waals surface area contributed by atoms with Gasteiger partial charge in [0.15, 0.2) is 5.78 Å². The van der Waals surface area contributed by atoms with Gasteiger partial charge in [-0.2, -0.15) is 20.5 Å². The van der Waals surface area contributed by atoms with E-state index in [0.717, 1.165) is 33.9 Å². The topological polar surface area (TPSA) is 66.5 Å². The van der Waals surface area contributed by atoms with Crippen LogP contribution in [0.2, 0.25) is 0 Å². The fourth-order valence-electron chi connectivity index (χ4n) is 3.95. The van der Waals surface area contributed by atoms with Gasteiger partial charge in [-0.1, -0.05) is 91.0 Å². The van der Waals surface area contributed by atoms with E-state index in [4.69, 9.17) is 0 Å². The van der Waals surface area contributed by atoms with Crippen LogP contribution in [0, 0.1) is 0 Å². The SMILES string of the molecule is O=C(c1ccccc1)C(c1ccc(N=Nc2ccccc2)cc1)c1ccc(N=Nc2ccccc2)cc1. The summed E-state index contributed by atoms with van der Waals surface area (Å²) in [7, 11) is 0. The highest BCUT2D eigenvalue weighted by Gasteiger charge is 2.24. The molecule has 0 saturated heterocycles. The summed E-state index contributed by atoms with van der Waals surface area (Å²) in [6.45, 7) is 0.